The third-order valence-electron chi connectivity index (χ3n) is 3.58. The topological polar surface area (TPSA) is 107 Å². The zero-order chi connectivity index (χ0) is 18.5. The molecule has 130 valence electrons. The number of methoxy groups -OCH3 is 1. The Morgan fingerprint density at radius 3 is 2.42 bits per heavy atom. The SMILES string of the molecule is COc1ccc([N+](=O)[O-])cc1C(=O)Nc1cnc(-c2ccccc2)nc1. The molecule has 3 aromatic rings. The number of nitrogens with zero attached hydrogens (tertiary/aromatic N) is 3. The number of nitro groups is 1. The molecule has 3 rings (SSSR count). The van der Waals surface area contributed by atoms with Crippen LogP contribution < -0.4 is 10.1 Å². The van der Waals surface area contributed by atoms with Gasteiger partial charge in [-0.3, -0.25) is 14.9 Å². The van der Waals surface area contributed by atoms with Crippen LogP contribution in [0.15, 0.2) is 60.9 Å². The van der Waals surface area contributed by atoms with Gasteiger partial charge in [-0.1, -0.05) is 30.3 Å². The first-order valence-corrected chi connectivity index (χ1v) is 7.59. The minimum absolute atomic E-state index is 0.0498. The van der Waals surface area contributed by atoms with E-state index in [1.807, 2.05) is 30.3 Å². The van der Waals surface area contributed by atoms with Crippen molar-refractivity contribution in [1.82, 2.24) is 9.97 Å². The van der Waals surface area contributed by atoms with Gasteiger partial charge in [0.2, 0.25) is 0 Å². The summed E-state index contributed by atoms with van der Waals surface area (Å²) in [4.78, 5) is 31.2. The largest absolute Gasteiger partial charge is 0.496 e. The summed E-state index contributed by atoms with van der Waals surface area (Å²) in [7, 11) is 1.38. The Balaban J connectivity index is 1.82. The maximum Gasteiger partial charge on any atom is 0.270 e. The third-order valence-corrected chi connectivity index (χ3v) is 3.58. The van der Waals surface area contributed by atoms with Gasteiger partial charge in [0.05, 0.1) is 35.7 Å². The summed E-state index contributed by atoms with van der Waals surface area (Å²) in [6.45, 7) is 0. The molecule has 0 saturated heterocycles. The highest BCUT2D eigenvalue weighted by molar-refractivity contribution is 6.06. The number of ether oxygens (including phenoxy) is 1. The Kier molecular flexibility index (Phi) is 4.84. The summed E-state index contributed by atoms with van der Waals surface area (Å²) >= 11 is 0. The van der Waals surface area contributed by atoms with E-state index in [0.717, 1.165) is 11.6 Å². The lowest BCUT2D eigenvalue weighted by atomic mass is 10.1. The molecule has 1 amide bonds. The maximum absolute atomic E-state index is 12.5. The summed E-state index contributed by atoms with van der Waals surface area (Å²) in [6.07, 6.45) is 2.94. The maximum atomic E-state index is 12.5. The van der Waals surface area contributed by atoms with Crippen LogP contribution >= 0.6 is 0 Å². The normalized spacial score (nSPS) is 10.2. The van der Waals surface area contributed by atoms with Gasteiger partial charge in [-0.15, -0.1) is 0 Å². The zero-order valence-corrected chi connectivity index (χ0v) is 13.7. The number of rotatable bonds is 5. The smallest absolute Gasteiger partial charge is 0.270 e. The number of non-ortho nitro benzene ring substituents is 1. The predicted octanol–water partition coefficient (Wildman–Crippen LogP) is 3.31. The van der Waals surface area contributed by atoms with Gasteiger partial charge in [-0.2, -0.15) is 0 Å². The third kappa shape index (κ3) is 3.64. The molecule has 1 N–H and O–H groups in total. The first kappa shape index (κ1) is 17.0. The number of anilines is 1. The molecule has 2 aromatic carbocycles. The molecule has 0 fully saturated rings. The highest BCUT2D eigenvalue weighted by atomic mass is 16.6. The number of nitro benzene ring substituents is 1. The second-order valence-corrected chi connectivity index (χ2v) is 5.26. The molecule has 8 heteroatoms. The molecular weight excluding hydrogens is 336 g/mol. The van der Waals surface area contributed by atoms with Crippen molar-refractivity contribution < 1.29 is 14.5 Å². The van der Waals surface area contributed by atoms with Crippen LogP contribution in [0.5, 0.6) is 5.75 Å². The highest BCUT2D eigenvalue weighted by Crippen LogP contribution is 2.25. The van der Waals surface area contributed by atoms with Crippen molar-refractivity contribution in [2.24, 2.45) is 0 Å². The summed E-state index contributed by atoms with van der Waals surface area (Å²) in [6, 6.07) is 13.2. The van der Waals surface area contributed by atoms with Crippen LogP contribution in [0.1, 0.15) is 10.4 Å². The van der Waals surface area contributed by atoms with Gasteiger partial charge < -0.3 is 10.1 Å². The van der Waals surface area contributed by atoms with Crippen LogP contribution in [0.25, 0.3) is 11.4 Å². The van der Waals surface area contributed by atoms with Crippen molar-refractivity contribution in [2.75, 3.05) is 12.4 Å². The first-order valence-electron chi connectivity index (χ1n) is 7.59. The minimum Gasteiger partial charge on any atom is -0.496 e. The quantitative estimate of drug-likeness (QED) is 0.559. The van der Waals surface area contributed by atoms with Gasteiger partial charge in [0.25, 0.3) is 11.6 Å². The lowest BCUT2D eigenvalue weighted by molar-refractivity contribution is -0.384. The fourth-order valence-electron chi connectivity index (χ4n) is 2.31. The Bertz CT molecular complexity index is 943. The van der Waals surface area contributed by atoms with Crippen molar-refractivity contribution in [3.8, 4) is 17.1 Å². The van der Waals surface area contributed by atoms with Crippen molar-refractivity contribution in [3.05, 3.63) is 76.6 Å². The van der Waals surface area contributed by atoms with Gasteiger partial charge in [0.1, 0.15) is 5.75 Å². The number of carbonyl (C=O) groups is 1. The molecule has 0 atom stereocenters. The summed E-state index contributed by atoms with van der Waals surface area (Å²) in [5.74, 6) is 0.202. The van der Waals surface area contributed by atoms with E-state index < -0.39 is 10.8 Å². The molecule has 8 nitrogen and oxygen atoms in total. The number of hydrogen-bond acceptors (Lipinski definition) is 6. The first-order chi connectivity index (χ1) is 12.6. The van der Waals surface area contributed by atoms with Gasteiger partial charge in [-0.05, 0) is 6.07 Å². The zero-order valence-electron chi connectivity index (χ0n) is 13.7. The van der Waals surface area contributed by atoms with Crippen LogP contribution in [0.2, 0.25) is 0 Å². The van der Waals surface area contributed by atoms with Crippen LogP contribution in [0, 0.1) is 10.1 Å². The predicted molar refractivity (Wildman–Crippen MR) is 95.1 cm³/mol. The fourth-order valence-corrected chi connectivity index (χ4v) is 2.31. The van der Waals surface area contributed by atoms with E-state index in [0.29, 0.717) is 11.5 Å². The number of hydrogen-bond donors (Lipinski definition) is 1. The van der Waals surface area contributed by atoms with E-state index in [1.165, 1.54) is 31.6 Å². The number of benzene rings is 2. The molecule has 0 bridgehead atoms. The van der Waals surface area contributed by atoms with Crippen molar-refractivity contribution in [2.45, 2.75) is 0 Å². The monoisotopic (exact) mass is 350 g/mol. The molecule has 0 radical (unpaired) electrons. The van der Waals surface area contributed by atoms with Gasteiger partial charge in [0, 0.05) is 17.7 Å². The number of aromatic nitrogens is 2. The molecule has 0 saturated carbocycles. The second kappa shape index (κ2) is 7.39. The van der Waals surface area contributed by atoms with Gasteiger partial charge in [-0.25, -0.2) is 9.97 Å². The molecule has 1 aromatic heterocycles. The average Bonchev–Trinajstić information content (AvgIpc) is 2.68. The average molecular weight is 350 g/mol. The van der Waals surface area contributed by atoms with Gasteiger partial charge >= 0.3 is 0 Å². The second-order valence-electron chi connectivity index (χ2n) is 5.26. The van der Waals surface area contributed by atoms with E-state index in [1.54, 1.807) is 0 Å². The Labute approximate surface area is 148 Å². The van der Waals surface area contributed by atoms with E-state index in [-0.39, 0.29) is 17.0 Å². The highest BCUT2D eigenvalue weighted by Gasteiger charge is 2.18. The van der Waals surface area contributed by atoms with Crippen molar-refractivity contribution >= 4 is 17.3 Å². The van der Waals surface area contributed by atoms with Crippen LogP contribution in [-0.4, -0.2) is 27.9 Å². The molecule has 1 heterocycles. The summed E-state index contributed by atoms with van der Waals surface area (Å²) < 4.78 is 5.10. The van der Waals surface area contributed by atoms with Crippen LogP contribution in [0.4, 0.5) is 11.4 Å². The van der Waals surface area contributed by atoms with Crippen molar-refractivity contribution in [1.29, 1.82) is 0 Å². The summed E-state index contributed by atoms with van der Waals surface area (Å²) in [5.41, 5.74) is 1.06. The van der Waals surface area contributed by atoms with E-state index in [4.69, 9.17) is 4.74 Å². The Morgan fingerprint density at radius 1 is 1.12 bits per heavy atom. The molecule has 0 aliphatic rings. The number of carbonyl (C=O) groups excluding carboxylic acids is 1. The minimum atomic E-state index is -0.575. The van der Waals surface area contributed by atoms with Crippen LogP contribution in [0.3, 0.4) is 0 Å². The molecule has 0 spiro atoms. The van der Waals surface area contributed by atoms with Crippen molar-refractivity contribution in [3.63, 3.8) is 0 Å². The summed E-state index contributed by atoms with van der Waals surface area (Å²) in [5, 5.41) is 13.5. The number of nitrogens with one attached hydrogen (secondary N) is 1. The molecule has 26 heavy (non-hydrogen) atoms. The molecule has 0 unspecified atom stereocenters. The lowest BCUT2D eigenvalue weighted by Gasteiger charge is -2.09. The Hall–Kier alpha value is -3.81. The van der Waals surface area contributed by atoms with E-state index in [9.17, 15) is 14.9 Å². The Morgan fingerprint density at radius 2 is 1.81 bits per heavy atom. The van der Waals surface area contributed by atoms with E-state index in [2.05, 4.69) is 15.3 Å². The van der Waals surface area contributed by atoms with E-state index >= 15 is 0 Å². The number of amides is 1. The molecular formula is C18H14N4O4. The van der Waals surface area contributed by atoms with Gasteiger partial charge in [0.15, 0.2) is 5.82 Å². The van der Waals surface area contributed by atoms with Crippen LogP contribution in [-0.2, 0) is 0 Å². The lowest BCUT2D eigenvalue weighted by Crippen LogP contribution is -2.14. The molecule has 0 aliphatic carbocycles. The molecule has 0 aliphatic heterocycles. The standard InChI is InChI=1S/C18H14N4O4/c1-26-16-8-7-14(22(24)25)9-15(16)18(23)21-13-10-19-17(20-11-13)12-5-3-2-4-6-12/h2-11H,1H3,(H,21,23). The fraction of sp³-hybridized carbons (Fsp3) is 0.0556.